The largest absolute Gasteiger partial charge is 0.398 e. The molecule has 2 atom stereocenters. The number of hydrogen-bond donors (Lipinski definition) is 7. The minimum absolute atomic E-state index is 0.0400. The summed E-state index contributed by atoms with van der Waals surface area (Å²) in [7, 11) is 0. The summed E-state index contributed by atoms with van der Waals surface area (Å²) in [6.07, 6.45) is 0. The molecule has 0 aliphatic heterocycles. The number of thioether (sulfide) groups is 1. The van der Waals surface area contributed by atoms with Gasteiger partial charge in [0.2, 0.25) is 11.9 Å². The molecule has 5 rings (SSSR count). The number of nitrogens with two attached hydrogens (primary N) is 2. The first-order valence-electron chi connectivity index (χ1n) is 19.5. The summed E-state index contributed by atoms with van der Waals surface area (Å²) in [5.41, 5.74) is 18.9. The van der Waals surface area contributed by atoms with E-state index in [2.05, 4.69) is 73.3 Å². The number of aryl methyl sites for hydroxylation is 2. The second-order valence-electron chi connectivity index (χ2n) is 12.6. The summed E-state index contributed by atoms with van der Waals surface area (Å²) in [5, 5.41) is 25.4. The van der Waals surface area contributed by atoms with Crippen LogP contribution in [0.25, 0.3) is 0 Å². The van der Waals surface area contributed by atoms with Crippen LogP contribution in [-0.2, 0) is 22.2 Å². The van der Waals surface area contributed by atoms with E-state index in [1.807, 2.05) is 64.1 Å². The third kappa shape index (κ3) is 14.2. The first kappa shape index (κ1) is 49.2. The van der Waals surface area contributed by atoms with Crippen molar-refractivity contribution in [2.24, 2.45) is 10.2 Å². The molecule has 0 aliphatic rings. The third-order valence-corrected chi connectivity index (χ3v) is 10.9. The Morgan fingerprint density at radius 1 is 0.650 bits per heavy atom. The molecule has 0 bridgehead atoms. The lowest BCUT2D eigenvalue weighted by molar-refractivity contribution is 0.322. The molecule has 0 spiro atoms. The fraction of sp³-hybridized carbons (Fsp3) is 0.341. The zero-order valence-corrected chi connectivity index (χ0v) is 37.8. The highest BCUT2D eigenvalue weighted by molar-refractivity contribution is 7.99. The summed E-state index contributed by atoms with van der Waals surface area (Å²) < 4.78 is 40.4. The Labute approximate surface area is 362 Å². The van der Waals surface area contributed by atoms with Gasteiger partial charge in [0.25, 0.3) is 0 Å². The quantitative estimate of drug-likeness (QED) is 0.0199. The van der Waals surface area contributed by atoms with Crippen molar-refractivity contribution < 1.29 is 22.6 Å². The van der Waals surface area contributed by atoms with Crippen LogP contribution < -0.4 is 31.9 Å². The molecule has 5 aromatic rings. The fourth-order valence-corrected chi connectivity index (χ4v) is 6.87. The van der Waals surface area contributed by atoms with Crippen LogP contribution >= 0.6 is 11.8 Å². The van der Waals surface area contributed by atoms with Crippen LogP contribution in [0.1, 0.15) is 52.7 Å². The van der Waals surface area contributed by atoms with Gasteiger partial charge in [0.1, 0.15) is 5.69 Å². The van der Waals surface area contributed by atoms with Crippen LogP contribution in [0.3, 0.4) is 0 Å². The highest BCUT2D eigenvalue weighted by Gasteiger charge is 2.15. The molecule has 0 aliphatic carbocycles. The molecule has 324 valence electrons. The molecule has 2 unspecified atom stereocenters. The molecule has 1 heterocycles. The Balaban J connectivity index is 0.000000634. The van der Waals surface area contributed by atoms with E-state index >= 15 is 0 Å². The second-order valence-corrected chi connectivity index (χ2v) is 15.6. The molecule has 0 saturated heterocycles. The van der Waals surface area contributed by atoms with Gasteiger partial charge in [-0.2, -0.15) is 20.1 Å². The van der Waals surface area contributed by atoms with Crippen molar-refractivity contribution >= 4 is 91.3 Å². The van der Waals surface area contributed by atoms with E-state index in [-0.39, 0.29) is 23.4 Å². The summed E-state index contributed by atoms with van der Waals surface area (Å²) in [6.45, 7) is 19.3. The van der Waals surface area contributed by atoms with Gasteiger partial charge < -0.3 is 46.1 Å². The van der Waals surface area contributed by atoms with Gasteiger partial charge in [-0.05, 0) is 113 Å². The number of hydrogen-bond acceptors (Lipinski definition) is 15. The summed E-state index contributed by atoms with van der Waals surface area (Å²) in [4.78, 5) is 18.9. The van der Waals surface area contributed by atoms with Crippen LogP contribution in [0, 0.1) is 13.8 Å². The number of nitrogens with zero attached hydrogens (tertiary/aromatic N) is 7. The summed E-state index contributed by atoms with van der Waals surface area (Å²) >= 11 is -2.77. The molecule has 16 nitrogen and oxygen atoms in total. The van der Waals surface area contributed by atoms with E-state index in [9.17, 15) is 18.1 Å². The average Bonchev–Trinajstić information content (AvgIpc) is 3.24. The van der Waals surface area contributed by atoms with Crippen molar-refractivity contribution in [1.82, 2.24) is 15.0 Å². The number of azo groups is 1. The highest BCUT2D eigenvalue weighted by atomic mass is 32.2. The van der Waals surface area contributed by atoms with Crippen molar-refractivity contribution in [2.75, 3.05) is 70.4 Å². The molecule has 4 aromatic carbocycles. The number of aliphatic hydroxyl groups is 1. The van der Waals surface area contributed by atoms with E-state index in [4.69, 9.17) is 16.0 Å². The lowest BCUT2D eigenvalue weighted by Crippen LogP contribution is -2.21. The van der Waals surface area contributed by atoms with Crippen LogP contribution in [0.4, 0.5) is 57.4 Å². The van der Waals surface area contributed by atoms with Crippen molar-refractivity contribution in [3.05, 3.63) is 83.9 Å². The maximum atomic E-state index is 11.7. The monoisotopic (exact) mass is 879 g/mol. The van der Waals surface area contributed by atoms with Gasteiger partial charge in [-0.15, -0.1) is 5.11 Å². The van der Waals surface area contributed by atoms with Crippen LogP contribution in [-0.4, -0.2) is 76.1 Å². The number of aromatic nitrogens is 3. The van der Waals surface area contributed by atoms with Gasteiger partial charge in [0.05, 0.1) is 39.1 Å². The smallest absolute Gasteiger partial charge is 0.233 e. The van der Waals surface area contributed by atoms with Gasteiger partial charge in [-0.1, -0.05) is 37.7 Å². The number of anilines is 8. The minimum atomic E-state index is -2.14. The van der Waals surface area contributed by atoms with Crippen molar-refractivity contribution in [1.29, 1.82) is 0 Å². The van der Waals surface area contributed by atoms with Crippen molar-refractivity contribution in [3.8, 4) is 0 Å². The van der Waals surface area contributed by atoms with Gasteiger partial charge in [-0.3, -0.25) is 0 Å². The lowest BCUT2D eigenvalue weighted by Gasteiger charge is -2.22. The van der Waals surface area contributed by atoms with Crippen LogP contribution in [0.2, 0.25) is 0 Å². The van der Waals surface area contributed by atoms with Gasteiger partial charge in [-0.25, -0.2) is 8.42 Å². The van der Waals surface area contributed by atoms with E-state index < -0.39 is 22.2 Å². The molecule has 19 heteroatoms. The van der Waals surface area contributed by atoms with Gasteiger partial charge in [0.15, 0.2) is 27.3 Å². The van der Waals surface area contributed by atoms with Gasteiger partial charge in [0, 0.05) is 49.0 Å². The maximum absolute atomic E-state index is 11.7. The lowest BCUT2D eigenvalue weighted by atomic mass is 10.2. The number of nitrogen functional groups attached to an aromatic ring is 2. The summed E-state index contributed by atoms with van der Waals surface area (Å²) in [5.74, 6) is 0.929. The SMILES string of the molecule is CC.CCN(CC)c1ccc(N)c(Nc2nc(Nc3cc(N(CC)CC)ccc3N=Nc3cc(S(=O)O)ccc3C)nc(SCCO)n2)c1.Cc1ccc(S(=O)O)cc1N. The molecular weight excluding hydrogens is 823 g/mol. The molecule has 0 radical (unpaired) electrons. The Kier molecular flexibility index (Phi) is 20.3. The number of benzene rings is 4. The Morgan fingerprint density at radius 3 is 1.68 bits per heavy atom. The first-order chi connectivity index (χ1) is 28.8. The van der Waals surface area contributed by atoms with E-state index in [0.717, 1.165) is 48.7 Å². The zero-order valence-electron chi connectivity index (χ0n) is 35.3. The topological polar surface area (TPSA) is 241 Å². The zero-order chi connectivity index (χ0) is 44.4. The molecular formula is C41H57N11O5S3. The molecule has 9 N–H and O–H groups in total. The minimum Gasteiger partial charge on any atom is -0.398 e. The molecule has 0 amide bonds. The summed E-state index contributed by atoms with van der Waals surface area (Å²) in [6, 6.07) is 21.2. The van der Waals surface area contributed by atoms with Crippen molar-refractivity contribution in [2.45, 2.75) is 70.3 Å². The standard InChI is InChI=1S/C32H42N10O3S2.C7H9NO2S.C2H6/c1-6-41(7-2)22-11-14-25(33)28(18-22)34-30-36-31(38-32(37-30)46-17-16-43)35-29-19-23(42(8-3)9-4)12-15-26(29)39-40-27-20-24(47(44)45)13-10-21(27)5;1-5-2-3-6(11(9)10)4-7(5)8;1-2/h10-15,18-20,43H,6-9,16-17,33H2,1-5H3,(H,44,45)(H2,34,35,36,37,38);2-4H,8H2,1H3,(H,9,10);1-2H3. The van der Waals surface area contributed by atoms with Crippen LogP contribution in [0.5, 0.6) is 0 Å². The second kappa shape index (κ2) is 24.8. The van der Waals surface area contributed by atoms with E-state index in [1.165, 1.54) is 17.8 Å². The molecule has 1 aromatic heterocycles. The highest BCUT2D eigenvalue weighted by Crippen LogP contribution is 2.35. The predicted molar refractivity (Wildman–Crippen MR) is 249 cm³/mol. The molecule has 0 saturated carbocycles. The molecule has 60 heavy (non-hydrogen) atoms. The van der Waals surface area contributed by atoms with Gasteiger partial charge >= 0.3 is 0 Å². The number of nitrogens with one attached hydrogen (secondary N) is 2. The molecule has 0 fully saturated rings. The third-order valence-electron chi connectivity index (χ3n) is 8.80. The normalized spacial score (nSPS) is 11.8. The van der Waals surface area contributed by atoms with E-state index in [1.54, 1.807) is 30.3 Å². The Morgan fingerprint density at radius 2 is 1.15 bits per heavy atom. The Bertz CT molecular complexity index is 2240. The van der Waals surface area contributed by atoms with E-state index in [0.29, 0.717) is 49.9 Å². The number of aliphatic hydroxyl groups excluding tert-OH is 1. The average molecular weight is 880 g/mol. The fourth-order valence-electron chi connectivity index (χ4n) is 5.49. The predicted octanol–water partition coefficient (Wildman–Crippen LogP) is 9.21. The maximum Gasteiger partial charge on any atom is 0.233 e. The van der Waals surface area contributed by atoms with Crippen LogP contribution in [0.15, 0.2) is 98.0 Å². The Hall–Kier alpha value is -5.18. The number of rotatable bonds is 17. The van der Waals surface area contributed by atoms with Crippen molar-refractivity contribution in [3.63, 3.8) is 0 Å². The first-order valence-corrected chi connectivity index (χ1v) is 22.7.